The van der Waals surface area contributed by atoms with Crippen LogP contribution < -0.4 is 4.90 Å². The average Bonchev–Trinajstić information content (AvgIpc) is 2.78. The second-order valence-corrected chi connectivity index (χ2v) is 9.56. The first-order valence-corrected chi connectivity index (χ1v) is 11.3. The number of carboxylic acid groups (broad SMARTS) is 1. The number of aromatic nitrogens is 1. The molecule has 0 amide bonds. The van der Waals surface area contributed by atoms with Crippen molar-refractivity contribution in [1.82, 2.24) is 9.88 Å². The lowest BCUT2D eigenvalue weighted by atomic mass is 9.79. The summed E-state index contributed by atoms with van der Waals surface area (Å²) in [4.78, 5) is 33.3. The first-order valence-electron chi connectivity index (χ1n) is 11.3. The highest BCUT2D eigenvalue weighted by Crippen LogP contribution is 2.31. The molecule has 2 aliphatic heterocycles. The van der Waals surface area contributed by atoms with Gasteiger partial charge >= 0.3 is 5.97 Å². The van der Waals surface area contributed by atoms with Gasteiger partial charge in [-0.05, 0) is 42.2 Å². The zero-order valence-electron chi connectivity index (χ0n) is 18.8. The number of ketones is 1. The van der Waals surface area contributed by atoms with Gasteiger partial charge in [-0.3, -0.25) is 14.5 Å². The van der Waals surface area contributed by atoms with Crippen molar-refractivity contribution in [1.29, 1.82) is 0 Å². The van der Waals surface area contributed by atoms with E-state index in [-0.39, 0.29) is 11.7 Å². The normalized spacial score (nSPS) is 21.1. The van der Waals surface area contributed by atoms with Crippen molar-refractivity contribution in [2.45, 2.75) is 33.2 Å². The summed E-state index contributed by atoms with van der Waals surface area (Å²) in [7, 11) is 0. The number of anilines is 1. The van der Waals surface area contributed by atoms with Gasteiger partial charge in [-0.1, -0.05) is 44.2 Å². The molecule has 3 heterocycles. The van der Waals surface area contributed by atoms with E-state index in [4.69, 9.17) is 0 Å². The second-order valence-electron chi connectivity index (χ2n) is 9.56. The van der Waals surface area contributed by atoms with E-state index in [0.29, 0.717) is 32.5 Å². The van der Waals surface area contributed by atoms with Crippen LogP contribution in [0.1, 0.15) is 37.8 Å². The molecule has 1 N–H and O–H groups in total. The fraction of sp³-hybridized carbons (Fsp3) is 0.423. The molecule has 2 aromatic rings. The van der Waals surface area contributed by atoms with E-state index in [1.54, 1.807) is 0 Å². The molecular formula is C26H31N3O3. The van der Waals surface area contributed by atoms with Crippen molar-refractivity contribution in [2.24, 2.45) is 11.3 Å². The van der Waals surface area contributed by atoms with Crippen LogP contribution >= 0.6 is 0 Å². The molecule has 6 nitrogen and oxygen atoms in total. The van der Waals surface area contributed by atoms with Gasteiger partial charge in [0.2, 0.25) is 0 Å². The standard InChI is InChI=1S/C26H31N3O3/c1-26(2)18-28(16-19-6-4-3-5-7-19)17-22(24(26)30)14-20-8-9-23(27-15-20)29-12-10-21(11-13-29)25(31)32/h3-9,14-15,21H,10-13,16-18H2,1-2H3,(H,31,32)/b22-14+. The minimum Gasteiger partial charge on any atom is -0.481 e. The Hall–Kier alpha value is -2.99. The maximum atomic E-state index is 13.1. The van der Waals surface area contributed by atoms with Gasteiger partial charge in [-0.25, -0.2) is 4.98 Å². The summed E-state index contributed by atoms with van der Waals surface area (Å²) in [6.07, 6.45) is 5.06. The number of carbonyl (C=O) groups excluding carboxylic acids is 1. The fourth-order valence-corrected chi connectivity index (χ4v) is 4.73. The first kappa shape index (κ1) is 22.2. The van der Waals surface area contributed by atoms with Crippen LogP contribution in [0.5, 0.6) is 0 Å². The van der Waals surface area contributed by atoms with Crippen LogP contribution in [0.3, 0.4) is 0 Å². The van der Waals surface area contributed by atoms with Crippen LogP contribution in [0.2, 0.25) is 0 Å². The molecule has 2 fully saturated rings. The third-order valence-electron chi connectivity index (χ3n) is 6.45. The molecule has 1 aromatic heterocycles. The minimum absolute atomic E-state index is 0.196. The summed E-state index contributed by atoms with van der Waals surface area (Å²) >= 11 is 0. The van der Waals surface area contributed by atoms with Gasteiger partial charge in [0.1, 0.15) is 5.82 Å². The number of hydrogen-bond donors (Lipinski definition) is 1. The van der Waals surface area contributed by atoms with Gasteiger partial charge in [0.25, 0.3) is 0 Å². The molecule has 0 radical (unpaired) electrons. The van der Waals surface area contributed by atoms with Crippen LogP contribution in [0, 0.1) is 11.3 Å². The second kappa shape index (κ2) is 9.25. The zero-order chi connectivity index (χ0) is 22.7. The number of Topliss-reactive ketones (excluding diaryl/α,β-unsaturated/α-hetero) is 1. The monoisotopic (exact) mass is 433 g/mol. The summed E-state index contributed by atoms with van der Waals surface area (Å²) in [5.74, 6) is 0.0920. The number of likely N-dealkylation sites (tertiary alicyclic amines) is 1. The predicted molar refractivity (Wildman–Crippen MR) is 125 cm³/mol. The van der Waals surface area contributed by atoms with E-state index in [1.165, 1.54) is 5.56 Å². The third kappa shape index (κ3) is 5.07. The highest BCUT2D eigenvalue weighted by atomic mass is 16.4. The van der Waals surface area contributed by atoms with Gasteiger partial charge in [0.15, 0.2) is 5.78 Å². The summed E-state index contributed by atoms with van der Waals surface area (Å²) < 4.78 is 0. The predicted octanol–water partition coefficient (Wildman–Crippen LogP) is 3.88. The Balaban J connectivity index is 1.46. The summed E-state index contributed by atoms with van der Waals surface area (Å²) in [6, 6.07) is 14.3. The summed E-state index contributed by atoms with van der Waals surface area (Å²) in [5.41, 5.74) is 2.54. The Morgan fingerprint density at radius 2 is 1.88 bits per heavy atom. The summed E-state index contributed by atoms with van der Waals surface area (Å²) in [6.45, 7) is 7.61. The number of carbonyl (C=O) groups is 2. The van der Waals surface area contributed by atoms with Crippen LogP contribution in [-0.2, 0) is 16.1 Å². The third-order valence-corrected chi connectivity index (χ3v) is 6.45. The lowest BCUT2D eigenvalue weighted by molar-refractivity contribution is -0.142. The Bertz CT molecular complexity index is 991. The minimum atomic E-state index is -0.707. The molecule has 6 heteroatoms. The molecule has 2 aliphatic rings. The SMILES string of the molecule is CC1(C)CN(Cc2ccccc2)C/C(=C\c2ccc(N3CCC(C(=O)O)CC3)nc2)C1=O. The topological polar surface area (TPSA) is 73.7 Å². The van der Waals surface area contributed by atoms with Crippen molar-refractivity contribution in [3.8, 4) is 0 Å². The number of nitrogens with zero attached hydrogens (tertiary/aromatic N) is 3. The van der Waals surface area contributed by atoms with E-state index >= 15 is 0 Å². The zero-order valence-corrected chi connectivity index (χ0v) is 18.8. The molecule has 2 saturated heterocycles. The van der Waals surface area contributed by atoms with Crippen LogP contribution in [0.15, 0.2) is 54.2 Å². The van der Waals surface area contributed by atoms with Gasteiger partial charge in [0.05, 0.1) is 5.92 Å². The maximum absolute atomic E-state index is 13.1. The highest BCUT2D eigenvalue weighted by Gasteiger charge is 2.37. The van der Waals surface area contributed by atoms with Crippen LogP contribution in [-0.4, -0.2) is 52.9 Å². The van der Waals surface area contributed by atoms with Crippen molar-refractivity contribution < 1.29 is 14.7 Å². The molecule has 168 valence electrons. The number of pyridine rings is 1. The molecule has 0 spiro atoms. The van der Waals surface area contributed by atoms with Crippen molar-refractivity contribution >= 4 is 23.6 Å². The van der Waals surface area contributed by atoms with Crippen molar-refractivity contribution in [2.75, 3.05) is 31.1 Å². The molecule has 0 saturated carbocycles. The van der Waals surface area contributed by atoms with Gasteiger partial charge in [-0.15, -0.1) is 0 Å². The van der Waals surface area contributed by atoms with E-state index in [2.05, 4.69) is 26.9 Å². The van der Waals surface area contributed by atoms with Gasteiger partial charge in [0, 0.05) is 49.9 Å². The van der Waals surface area contributed by atoms with Crippen LogP contribution in [0.25, 0.3) is 6.08 Å². The number of rotatable bonds is 5. The van der Waals surface area contributed by atoms with E-state index in [0.717, 1.165) is 30.0 Å². The van der Waals surface area contributed by atoms with E-state index in [1.807, 2.05) is 56.5 Å². The van der Waals surface area contributed by atoms with Crippen molar-refractivity contribution in [3.63, 3.8) is 0 Å². The Morgan fingerprint density at radius 3 is 2.50 bits per heavy atom. The lowest BCUT2D eigenvalue weighted by Gasteiger charge is -2.38. The van der Waals surface area contributed by atoms with Gasteiger partial charge in [-0.2, -0.15) is 0 Å². The van der Waals surface area contributed by atoms with E-state index < -0.39 is 11.4 Å². The Morgan fingerprint density at radius 1 is 1.16 bits per heavy atom. The largest absolute Gasteiger partial charge is 0.481 e. The first-order chi connectivity index (χ1) is 15.3. The molecule has 0 bridgehead atoms. The Kier molecular flexibility index (Phi) is 6.42. The number of aliphatic carboxylic acids is 1. The molecule has 4 rings (SSSR count). The fourth-order valence-electron chi connectivity index (χ4n) is 4.73. The smallest absolute Gasteiger partial charge is 0.306 e. The number of carboxylic acids is 1. The van der Waals surface area contributed by atoms with Crippen molar-refractivity contribution in [3.05, 3.63) is 65.4 Å². The van der Waals surface area contributed by atoms with Gasteiger partial charge < -0.3 is 10.0 Å². The number of benzene rings is 1. The number of hydrogen-bond acceptors (Lipinski definition) is 5. The molecule has 0 atom stereocenters. The number of piperidine rings is 2. The molecule has 1 aromatic carbocycles. The average molecular weight is 434 g/mol. The highest BCUT2D eigenvalue weighted by molar-refractivity contribution is 6.04. The molecule has 0 unspecified atom stereocenters. The van der Waals surface area contributed by atoms with Crippen LogP contribution in [0.4, 0.5) is 5.82 Å². The quantitative estimate of drug-likeness (QED) is 0.722. The van der Waals surface area contributed by atoms with E-state index in [9.17, 15) is 14.7 Å². The molecule has 0 aliphatic carbocycles. The lowest BCUT2D eigenvalue weighted by Crippen LogP contribution is -2.47. The molecular weight excluding hydrogens is 402 g/mol. The Labute approximate surface area is 189 Å². The maximum Gasteiger partial charge on any atom is 0.306 e. The summed E-state index contributed by atoms with van der Waals surface area (Å²) in [5, 5.41) is 9.18. The molecule has 32 heavy (non-hydrogen) atoms.